The summed E-state index contributed by atoms with van der Waals surface area (Å²) < 4.78 is 5.59. The summed E-state index contributed by atoms with van der Waals surface area (Å²) in [5, 5.41) is 4.35. The van der Waals surface area contributed by atoms with Gasteiger partial charge in [0.2, 0.25) is 0 Å². The fraction of sp³-hybridized carbons (Fsp3) is 0.700. The van der Waals surface area contributed by atoms with E-state index in [1.807, 2.05) is 13.2 Å². The van der Waals surface area contributed by atoms with Crippen molar-refractivity contribution >= 4 is 11.3 Å². The molecule has 1 aliphatic heterocycles. The van der Waals surface area contributed by atoms with Crippen LogP contribution >= 0.6 is 11.3 Å². The van der Waals surface area contributed by atoms with Gasteiger partial charge in [-0.05, 0) is 26.8 Å². The standard InChI is InChI=1S/C10H16N2OS/c1-7(11-2)9-6-12-10(14-9)8-4-3-5-13-8/h6-8,11H,3-5H2,1-2H3. The van der Waals surface area contributed by atoms with Gasteiger partial charge in [0.1, 0.15) is 11.1 Å². The Morgan fingerprint density at radius 2 is 2.57 bits per heavy atom. The minimum atomic E-state index is 0.262. The third-order valence-electron chi connectivity index (χ3n) is 2.61. The molecule has 2 atom stereocenters. The highest BCUT2D eigenvalue weighted by atomic mass is 32.1. The Hall–Kier alpha value is -0.450. The van der Waals surface area contributed by atoms with Crippen molar-refractivity contribution < 1.29 is 4.74 Å². The van der Waals surface area contributed by atoms with Crippen LogP contribution in [0.25, 0.3) is 0 Å². The maximum atomic E-state index is 5.59. The molecule has 0 amide bonds. The molecule has 2 rings (SSSR count). The van der Waals surface area contributed by atoms with Gasteiger partial charge in [-0.3, -0.25) is 0 Å². The van der Waals surface area contributed by atoms with Crippen LogP contribution in [0.2, 0.25) is 0 Å². The second-order valence-electron chi connectivity index (χ2n) is 3.61. The van der Waals surface area contributed by atoms with E-state index in [2.05, 4.69) is 17.2 Å². The summed E-state index contributed by atoms with van der Waals surface area (Å²) in [6.45, 7) is 3.04. The monoisotopic (exact) mass is 212 g/mol. The van der Waals surface area contributed by atoms with E-state index in [9.17, 15) is 0 Å². The molecule has 2 unspecified atom stereocenters. The fourth-order valence-electron chi connectivity index (χ4n) is 1.56. The molecular weight excluding hydrogens is 196 g/mol. The molecule has 78 valence electrons. The predicted octanol–water partition coefficient (Wildman–Crippen LogP) is 2.28. The smallest absolute Gasteiger partial charge is 0.122 e. The number of aromatic nitrogens is 1. The van der Waals surface area contributed by atoms with Crippen molar-refractivity contribution in [3.8, 4) is 0 Å². The minimum absolute atomic E-state index is 0.262. The van der Waals surface area contributed by atoms with Crippen LogP contribution in [0.3, 0.4) is 0 Å². The summed E-state index contributed by atoms with van der Waals surface area (Å²) >= 11 is 1.76. The first-order valence-electron chi connectivity index (χ1n) is 5.05. The Morgan fingerprint density at radius 3 is 3.21 bits per heavy atom. The predicted molar refractivity (Wildman–Crippen MR) is 57.5 cm³/mol. The maximum Gasteiger partial charge on any atom is 0.122 e. The molecule has 1 saturated heterocycles. The number of hydrogen-bond donors (Lipinski definition) is 1. The quantitative estimate of drug-likeness (QED) is 0.834. The van der Waals surface area contributed by atoms with Crippen LogP contribution < -0.4 is 5.32 Å². The molecule has 2 heterocycles. The summed E-state index contributed by atoms with van der Waals surface area (Å²) in [7, 11) is 1.97. The topological polar surface area (TPSA) is 34.2 Å². The molecule has 0 bridgehead atoms. The van der Waals surface area contributed by atoms with E-state index in [4.69, 9.17) is 4.74 Å². The zero-order valence-corrected chi connectivity index (χ0v) is 9.43. The largest absolute Gasteiger partial charge is 0.371 e. The van der Waals surface area contributed by atoms with Crippen molar-refractivity contribution in [2.45, 2.75) is 31.9 Å². The molecule has 0 radical (unpaired) electrons. The zero-order valence-electron chi connectivity index (χ0n) is 8.62. The Labute approximate surface area is 88.5 Å². The van der Waals surface area contributed by atoms with E-state index < -0.39 is 0 Å². The van der Waals surface area contributed by atoms with Crippen LogP contribution in [-0.2, 0) is 4.74 Å². The van der Waals surface area contributed by atoms with E-state index in [-0.39, 0.29) is 6.10 Å². The lowest BCUT2D eigenvalue weighted by molar-refractivity contribution is 0.111. The molecule has 0 spiro atoms. The first kappa shape index (κ1) is 10.1. The van der Waals surface area contributed by atoms with Crippen LogP contribution in [-0.4, -0.2) is 18.6 Å². The van der Waals surface area contributed by atoms with Crippen molar-refractivity contribution in [3.63, 3.8) is 0 Å². The lowest BCUT2D eigenvalue weighted by Crippen LogP contribution is -2.10. The third-order valence-corrected chi connectivity index (χ3v) is 3.88. The summed E-state index contributed by atoms with van der Waals surface area (Å²) in [5.41, 5.74) is 0. The number of ether oxygens (including phenoxy) is 1. The minimum Gasteiger partial charge on any atom is -0.371 e. The molecule has 14 heavy (non-hydrogen) atoms. The number of nitrogens with one attached hydrogen (secondary N) is 1. The number of rotatable bonds is 3. The highest BCUT2D eigenvalue weighted by Gasteiger charge is 2.21. The van der Waals surface area contributed by atoms with Crippen LogP contribution in [0.15, 0.2) is 6.20 Å². The van der Waals surface area contributed by atoms with E-state index in [0.29, 0.717) is 6.04 Å². The van der Waals surface area contributed by atoms with E-state index in [0.717, 1.165) is 18.0 Å². The maximum absolute atomic E-state index is 5.59. The van der Waals surface area contributed by atoms with Crippen molar-refractivity contribution in [1.29, 1.82) is 0 Å². The van der Waals surface area contributed by atoms with E-state index in [1.165, 1.54) is 11.3 Å². The Bertz CT molecular complexity index is 294. The Balaban J connectivity index is 2.08. The number of hydrogen-bond acceptors (Lipinski definition) is 4. The SMILES string of the molecule is CNC(C)c1cnc(C2CCCO2)s1. The average molecular weight is 212 g/mol. The number of thiazole rings is 1. The van der Waals surface area contributed by atoms with Crippen molar-refractivity contribution in [2.24, 2.45) is 0 Å². The molecule has 1 aromatic heterocycles. The molecule has 1 aromatic rings. The molecular formula is C10H16N2OS. The van der Waals surface area contributed by atoms with E-state index >= 15 is 0 Å². The van der Waals surface area contributed by atoms with Gasteiger partial charge in [-0.25, -0.2) is 4.98 Å². The summed E-state index contributed by atoms with van der Waals surface area (Å²) in [6.07, 6.45) is 4.52. The molecule has 3 nitrogen and oxygen atoms in total. The van der Waals surface area contributed by atoms with Gasteiger partial charge in [-0.1, -0.05) is 0 Å². The molecule has 0 saturated carbocycles. The average Bonchev–Trinajstić information content (AvgIpc) is 2.86. The van der Waals surface area contributed by atoms with Gasteiger partial charge < -0.3 is 10.1 Å². The third kappa shape index (κ3) is 1.97. The van der Waals surface area contributed by atoms with Crippen LogP contribution in [0.4, 0.5) is 0 Å². The Morgan fingerprint density at radius 1 is 1.71 bits per heavy atom. The highest BCUT2D eigenvalue weighted by Crippen LogP contribution is 2.32. The molecule has 0 aliphatic carbocycles. The highest BCUT2D eigenvalue weighted by molar-refractivity contribution is 7.11. The molecule has 1 N–H and O–H groups in total. The van der Waals surface area contributed by atoms with Gasteiger partial charge in [-0.2, -0.15) is 0 Å². The second-order valence-corrected chi connectivity index (χ2v) is 4.71. The van der Waals surface area contributed by atoms with Crippen molar-refractivity contribution in [2.75, 3.05) is 13.7 Å². The molecule has 1 aliphatic rings. The first-order chi connectivity index (χ1) is 6.81. The molecule has 0 aromatic carbocycles. The van der Waals surface area contributed by atoms with Gasteiger partial charge in [0.05, 0.1) is 0 Å². The van der Waals surface area contributed by atoms with Crippen LogP contribution in [0, 0.1) is 0 Å². The van der Waals surface area contributed by atoms with Crippen LogP contribution in [0.5, 0.6) is 0 Å². The Kier molecular flexibility index (Phi) is 3.15. The normalized spacial score (nSPS) is 24.0. The lowest BCUT2D eigenvalue weighted by Gasteiger charge is -2.06. The lowest BCUT2D eigenvalue weighted by atomic mass is 10.2. The fourth-order valence-corrected chi connectivity index (χ4v) is 2.63. The van der Waals surface area contributed by atoms with Gasteiger partial charge in [0.25, 0.3) is 0 Å². The molecule has 4 heteroatoms. The summed E-state index contributed by atoms with van der Waals surface area (Å²) in [4.78, 5) is 5.71. The van der Waals surface area contributed by atoms with Crippen molar-refractivity contribution in [1.82, 2.24) is 10.3 Å². The van der Waals surface area contributed by atoms with Crippen molar-refractivity contribution in [3.05, 3.63) is 16.1 Å². The summed E-state index contributed by atoms with van der Waals surface area (Å²) in [6, 6.07) is 0.391. The first-order valence-corrected chi connectivity index (χ1v) is 5.87. The van der Waals surface area contributed by atoms with Gasteiger partial charge in [0.15, 0.2) is 0 Å². The van der Waals surface area contributed by atoms with E-state index in [1.54, 1.807) is 11.3 Å². The van der Waals surface area contributed by atoms with Gasteiger partial charge in [0, 0.05) is 23.7 Å². The second kappa shape index (κ2) is 4.38. The van der Waals surface area contributed by atoms with Crippen LogP contribution in [0.1, 0.15) is 41.8 Å². The van der Waals surface area contributed by atoms with Gasteiger partial charge in [-0.15, -0.1) is 11.3 Å². The zero-order chi connectivity index (χ0) is 9.97. The van der Waals surface area contributed by atoms with Gasteiger partial charge >= 0.3 is 0 Å². The molecule has 1 fully saturated rings. The summed E-state index contributed by atoms with van der Waals surface area (Å²) in [5.74, 6) is 0. The number of nitrogens with zero attached hydrogens (tertiary/aromatic N) is 1.